The molecule has 1 fully saturated rings. The Morgan fingerprint density at radius 3 is 2.75 bits per heavy atom. The first-order valence-corrected chi connectivity index (χ1v) is 6.50. The van der Waals surface area contributed by atoms with Gasteiger partial charge in [-0.1, -0.05) is 19.4 Å². The lowest BCUT2D eigenvalue weighted by Crippen LogP contribution is -2.32. The van der Waals surface area contributed by atoms with Crippen molar-refractivity contribution in [3.05, 3.63) is 30.1 Å². The largest absolute Gasteiger partial charge is 0.310 e. The number of hydrogen-bond donors (Lipinski definition) is 1. The third-order valence-electron chi connectivity index (χ3n) is 3.74. The molecule has 2 rings (SSSR count). The second kappa shape index (κ2) is 6.00. The van der Waals surface area contributed by atoms with Crippen LogP contribution >= 0.6 is 0 Å². The molecule has 1 N–H and O–H groups in total. The van der Waals surface area contributed by atoms with Gasteiger partial charge >= 0.3 is 0 Å². The third kappa shape index (κ3) is 3.31. The average Bonchev–Trinajstić information content (AvgIpc) is 2.38. The van der Waals surface area contributed by atoms with Crippen LogP contribution in [0.1, 0.15) is 44.6 Å². The van der Waals surface area contributed by atoms with Crippen LogP contribution in [0.25, 0.3) is 0 Å². The number of rotatable bonds is 4. The summed E-state index contributed by atoms with van der Waals surface area (Å²) in [6.45, 7) is 3.28. The van der Waals surface area contributed by atoms with Crippen molar-refractivity contribution in [1.29, 1.82) is 0 Å². The van der Waals surface area contributed by atoms with Crippen molar-refractivity contribution in [3.63, 3.8) is 0 Å². The highest BCUT2D eigenvalue weighted by Crippen LogP contribution is 2.26. The van der Waals surface area contributed by atoms with Crippen molar-refractivity contribution in [3.8, 4) is 0 Å². The fraction of sp³-hybridized carbons (Fsp3) is 0.643. The maximum atomic E-state index is 4.13. The van der Waals surface area contributed by atoms with Crippen molar-refractivity contribution in [2.75, 3.05) is 0 Å². The monoisotopic (exact) mass is 218 g/mol. The summed E-state index contributed by atoms with van der Waals surface area (Å²) < 4.78 is 0. The molecule has 16 heavy (non-hydrogen) atoms. The number of aromatic nitrogens is 1. The van der Waals surface area contributed by atoms with Crippen LogP contribution in [0, 0.1) is 5.92 Å². The first-order valence-electron chi connectivity index (χ1n) is 6.50. The van der Waals surface area contributed by atoms with E-state index in [-0.39, 0.29) is 0 Å². The van der Waals surface area contributed by atoms with Crippen LogP contribution in [-0.4, -0.2) is 11.0 Å². The van der Waals surface area contributed by atoms with E-state index in [4.69, 9.17) is 0 Å². The van der Waals surface area contributed by atoms with Crippen molar-refractivity contribution in [2.45, 2.75) is 51.6 Å². The Labute approximate surface area is 98.5 Å². The maximum absolute atomic E-state index is 4.13. The molecule has 0 unspecified atom stereocenters. The number of nitrogens with zero attached hydrogens (tertiary/aromatic N) is 1. The molecular weight excluding hydrogens is 196 g/mol. The molecule has 1 aliphatic carbocycles. The maximum Gasteiger partial charge on any atom is 0.0312 e. The van der Waals surface area contributed by atoms with E-state index in [1.807, 2.05) is 18.5 Å². The van der Waals surface area contributed by atoms with Gasteiger partial charge in [0.2, 0.25) is 0 Å². The average molecular weight is 218 g/mol. The Balaban J connectivity index is 1.72. The van der Waals surface area contributed by atoms with Crippen LogP contribution in [-0.2, 0) is 6.54 Å². The van der Waals surface area contributed by atoms with E-state index in [9.17, 15) is 0 Å². The standard InChI is InChI=1S/C14H22N2/c1-2-12-5-7-14(8-6-12)16-11-13-4-3-9-15-10-13/h3-4,9-10,12,14,16H,2,5-8,11H2,1H3. The molecule has 0 amide bonds. The first kappa shape index (κ1) is 11.6. The van der Waals surface area contributed by atoms with Gasteiger partial charge in [-0.3, -0.25) is 4.98 Å². The molecule has 0 radical (unpaired) electrons. The summed E-state index contributed by atoms with van der Waals surface area (Å²) in [7, 11) is 0. The lowest BCUT2D eigenvalue weighted by Gasteiger charge is -2.28. The van der Waals surface area contributed by atoms with Crippen LogP contribution in [0.15, 0.2) is 24.5 Å². The summed E-state index contributed by atoms with van der Waals surface area (Å²) in [5, 5.41) is 3.64. The number of pyridine rings is 1. The number of nitrogens with one attached hydrogen (secondary N) is 1. The van der Waals surface area contributed by atoms with Gasteiger partial charge in [-0.05, 0) is 43.2 Å². The third-order valence-corrected chi connectivity index (χ3v) is 3.74. The Hall–Kier alpha value is -0.890. The topological polar surface area (TPSA) is 24.9 Å². The summed E-state index contributed by atoms with van der Waals surface area (Å²) in [5.41, 5.74) is 1.29. The SMILES string of the molecule is CCC1CCC(NCc2cccnc2)CC1. The predicted molar refractivity (Wildman–Crippen MR) is 67.1 cm³/mol. The number of hydrogen-bond acceptors (Lipinski definition) is 2. The molecule has 1 aromatic heterocycles. The van der Waals surface area contributed by atoms with Crippen molar-refractivity contribution >= 4 is 0 Å². The zero-order valence-electron chi connectivity index (χ0n) is 10.2. The molecule has 1 saturated carbocycles. The van der Waals surface area contributed by atoms with E-state index < -0.39 is 0 Å². The van der Waals surface area contributed by atoms with Gasteiger partial charge in [0.25, 0.3) is 0 Å². The molecular formula is C14H22N2. The van der Waals surface area contributed by atoms with E-state index in [2.05, 4.69) is 23.3 Å². The van der Waals surface area contributed by atoms with Gasteiger partial charge in [0.1, 0.15) is 0 Å². The van der Waals surface area contributed by atoms with Crippen LogP contribution in [0.4, 0.5) is 0 Å². The van der Waals surface area contributed by atoms with Gasteiger partial charge < -0.3 is 5.32 Å². The minimum atomic E-state index is 0.725. The second-order valence-corrected chi connectivity index (χ2v) is 4.87. The second-order valence-electron chi connectivity index (χ2n) is 4.87. The van der Waals surface area contributed by atoms with Crippen molar-refractivity contribution in [2.24, 2.45) is 5.92 Å². The first-order chi connectivity index (χ1) is 7.88. The Kier molecular flexibility index (Phi) is 4.34. The summed E-state index contributed by atoms with van der Waals surface area (Å²) in [4.78, 5) is 4.13. The van der Waals surface area contributed by atoms with Crippen LogP contribution < -0.4 is 5.32 Å². The zero-order chi connectivity index (χ0) is 11.2. The zero-order valence-corrected chi connectivity index (χ0v) is 10.2. The fourth-order valence-electron chi connectivity index (χ4n) is 2.54. The summed E-state index contributed by atoms with van der Waals surface area (Å²) in [6.07, 6.45) is 10.6. The van der Waals surface area contributed by atoms with Crippen LogP contribution in [0.5, 0.6) is 0 Å². The lowest BCUT2D eigenvalue weighted by molar-refractivity contribution is 0.285. The minimum Gasteiger partial charge on any atom is -0.310 e. The van der Waals surface area contributed by atoms with Gasteiger partial charge in [0.05, 0.1) is 0 Å². The summed E-state index contributed by atoms with van der Waals surface area (Å²) in [5.74, 6) is 0.983. The Morgan fingerprint density at radius 1 is 1.31 bits per heavy atom. The molecule has 0 aromatic carbocycles. The van der Waals surface area contributed by atoms with E-state index in [0.29, 0.717) is 0 Å². The molecule has 0 spiro atoms. The predicted octanol–water partition coefficient (Wildman–Crippen LogP) is 3.14. The molecule has 0 saturated heterocycles. The van der Waals surface area contributed by atoms with Crippen LogP contribution in [0.3, 0.4) is 0 Å². The van der Waals surface area contributed by atoms with Gasteiger partial charge in [-0.25, -0.2) is 0 Å². The summed E-state index contributed by atoms with van der Waals surface area (Å²) >= 11 is 0. The van der Waals surface area contributed by atoms with E-state index in [0.717, 1.165) is 18.5 Å². The molecule has 1 aliphatic rings. The molecule has 1 heterocycles. The lowest BCUT2D eigenvalue weighted by atomic mass is 9.84. The van der Waals surface area contributed by atoms with Crippen LogP contribution in [0.2, 0.25) is 0 Å². The minimum absolute atomic E-state index is 0.725. The van der Waals surface area contributed by atoms with Gasteiger partial charge in [-0.2, -0.15) is 0 Å². The van der Waals surface area contributed by atoms with E-state index >= 15 is 0 Å². The van der Waals surface area contributed by atoms with Crippen molar-refractivity contribution < 1.29 is 0 Å². The Morgan fingerprint density at radius 2 is 2.12 bits per heavy atom. The molecule has 0 atom stereocenters. The molecule has 0 bridgehead atoms. The molecule has 0 aliphatic heterocycles. The van der Waals surface area contributed by atoms with Crippen molar-refractivity contribution in [1.82, 2.24) is 10.3 Å². The van der Waals surface area contributed by atoms with Gasteiger partial charge in [0.15, 0.2) is 0 Å². The quantitative estimate of drug-likeness (QED) is 0.839. The molecule has 2 nitrogen and oxygen atoms in total. The van der Waals surface area contributed by atoms with Gasteiger partial charge in [0, 0.05) is 25.0 Å². The smallest absolute Gasteiger partial charge is 0.0312 e. The molecule has 2 heteroatoms. The summed E-state index contributed by atoms with van der Waals surface area (Å²) in [6, 6.07) is 4.87. The normalized spacial score (nSPS) is 25.6. The highest BCUT2D eigenvalue weighted by Gasteiger charge is 2.19. The van der Waals surface area contributed by atoms with Gasteiger partial charge in [-0.15, -0.1) is 0 Å². The molecule has 1 aromatic rings. The fourth-order valence-corrected chi connectivity index (χ4v) is 2.54. The van der Waals surface area contributed by atoms with E-state index in [1.165, 1.54) is 37.7 Å². The highest BCUT2D eigenvalue weighted by atomic mass is 14.9. The van der Waals surface area contributed by atoms with E-state index in [1.54, 1.807) is 0 Å². The Bertz CT molecular complexity index is 289. The highest BCUT2D eigenvalue weighted by molar-refractivity contribution is 5.08. The molecule has 88 valence electrons.